The molecule has 1 aromatic heterocycles. The number of aromatic amines is 1. The Hall–Kier alpha value is -10.7. The Kier molecular flexibility index (Phi) is 61.3. The summed E-state index contributed by atoms with van der Waals surface area (Å²) < 4.78 is 0. The molecule has 1 heterocycles. The Labute approximate surface area is 832 Å². The molecule has 18 atom stereocenters. The zero-order chi connectivity index (χ0) is 105. The van der Waals surface area contributed by atoms with Gasteiger partial charge in [0.2, 0.25) is 106 Å². The van der Waals surface area contributed by atoms with E-state index in [2.05, 4.69) is 100 Å². The number of carbonyl (C=O) groups excluding carboxylic acids is 18. The normalized spacial score (nSPS) is 15.3. The van der Waals surface area contributed by atoms with Gasteiger partial charge in [-0.3, -0.25) is 86.3 Å². The lowest BCUT2D eigenvalue weighted by Crippen LogP contribution is -2.62. The van der Waals surface area contributed by atoms with Crippen molar-refractivity contribution in [2.24, 2.45) is 69.9 Å². The van der Waals surface area contributed by atoms with E-state index in [1.165, 1.54) is 49.9 Å². The molecular formula is C94H165N25O19S2. The topological polar surface area (TPSA) is 717 Å². The largest absolute Gasteiger partial charge is 0.394 e. The second-order valence-electron chi connectivity index (χ2n) is 37.4. The number of rotatable bonds is 72. The van der Waals surface area contributed by atoms with Gasteiger partial charge in [0.1, 0.15) is 103 Å². The number of thioether (sulfide) groups is 2. The Bertz CT molecular complexity index is 4200. The number of aromatic nitrogens is 2. The second kappa shape index (κ2) is 68.5. The van der Waals surface area contributed by atoms with Crippen LogP contribution in [0.1, 0.15) is 224 Å². The third-order valence-corrected chi connectivity index (χ3v) is 24.5. The SMILES string of the molecule is CC[C@H](C)[C@H](NC(=O)[C@H](CO)NC(=O)[C@H](CC(C)C)NC(=O)[C@H](Cc1ccccc1)NC(=O)CN)C(=O)N[C@@H](CC(C)C)C(=O)N[C@@H](CCCCN)C(=O)N[C@@H](CCCCN)C(=O)N[C@H](C(=O)N[C@@H](CC(C)C)C(=O)N[C@@H](C)C(=O)N[C@@H](CCCCN)C(=O)N[C@H](C(=O)N[C@@H](CCSC)C(=O)N[C@@H](C)C(=O)N[C@@H](Cc1cnc[nH]1)C(=O)N[C@@H](CCSC)C(=O)N[C@@H](CCCCN)C(N)=O)C(C)C)C(C)C. The van der Waals surface area contributed by atoms with E-state index < -0.39 is 240 Å². The number of benzene rings is 1. The monoisotopic (exact) mass is 2010 g/mol. The van der Waals surface area contributed by atoms with E-state index in [-0.39, 0.29) is 108 Å². The maximum atomic E-state index is 14.8. The first-order chi connectivity index (χ1) is 66.3. The molecule has 792 valence electrons. The summed E-state index contributed by atoms with van der Waals surface area (Å²) in [6.07, 6.45) is 10.3. The summed E-state index contributed by atoms with van der Waals surface area (Å²) in [5.41, 5.74) is 35.7. The van der Waals surface area contributed by atoms with Gasteiger partial charge < -0.3 is 135 Å². The molecule has 0 radical (unpaired) electrons. The zero-order valence-corrected chi connectivity index (χ0v) is 86.3. The van der Waals surface area contributed by atoms with E-state index in [9.17, 15) is 91.4 Å². The van der Waals surface area contributed by atoms with Gasteiger partial charge in [-0.25, -0.2) is 4.98 Å². The van der Waals surface area contributed by atoms with Crippen molar-refractivity contribution in [3.8, 4) is 0 Å². The number of H-pyrrole nitrogens is 1. The lowest BCUT2D eigenvalue weighted by molar-refractivity contribution is -0.137. The molecule has 46 heteroatoms. The lowest BCUT2D eigenvalue weighted by Gasteiger charge is -2.30. The number of primary amides is 1. The molecule has 44 nitrogen and oxygen atoms in total. The van der Waals surface area contributed by atoms with Gasteiger partial charge in [0, 0.05) is 24.7 Å². The zero-order valence-electron chi connectivity index (χ0n) is 84.6. The summed E-state index contributed by atoms with van der Waals surface area (Å²) in [5.74, 6) is -16.3. The Balaban J connectivity index is 2.43. The molecule has 0 aliphatic rings. The molecular weight excluding hydrogens is 1850 g/mol. The number of hydrogen-bond acceptors (Lipinski definition) is 27. The molecule has 18 amide bonds. The molecule has 31 N–H and O–H groups in total. The van der Waals surface area contributed by atoms with Crippen LogP contribution in [0.2, 0.25) is 0 Å². The van der Waals surface area contributed by atoms with Crippen molar-refractivity contribution in [3.05, 3.63) is 54.1 Å². The van der Waals surface area contributed by atoms with Crippen LogP contribution in [0.5, 0.6) is 0 Å². The number of nitrogens with one attached hydrogen (secondary N) is 18. The number of hydrogen-bond donors (Lipinski definition) is 25. The van der Waals surface area contributed by atoms with Crippen molar-refractivity contribution >= 4 is 130 Å². The van der Waals surface area contributed by atoms with Crippen molar-refractivity contribution in [2.45, 2.75) is 328 Å². The molecule has 2 rings (SSSR count). The van der Waals surface area contributed by atoms with Gasteiger partial charge in [-0.1, -0.05) is 120 Å². The highest BCUT2D eigenvalue weighted by molar-refractivity contribution is 7.98. The quantitative estimate of drug-likeness (QED) is 0.0303. The van der Waals surface area contributed by atoms with Gasteiger partial charge >= 0.3 is 0 Å². The Morgan fingerprint density at radius 1 is 0.343 bits per heavy atom. The minimum absolute atomic E-state index is 0.00412. The average molecular weight is 2010 g/mol. The van der Waals surface area contributed by atoms with Crippen LogP contribution < -0.4 is 125 Å². The van der Waals surface area contributed by atoms with Crippen molar-refractivity contribution < 1.29 is 91.4 Å². The Morgan fingerprint density at radius 3 is 1.00 bits per heavy atom. The van der Waals surface area contributed by atoms with Crippen LogP contribution in [0.15, 0.2) is 42.9 Å². The first-order valence-electron chi connectivity index (χ1n) is 48.8. The number of aliphatic hydroxyl groups is 1. The number of amides is 18. The van der Waals surface area contributed by atoms with E-state index in [1.54, 1.807) is 126 Å². The van der Waals surface area contributed by atoms with Crippen molar-refractivity contribution in [1.29, 1.82) is 0 Å². The van der Waals surface area contributed by atoms with Crippen LogP contribution in [-0.4, -0.2) is 287 Å². The fourth-order valence-electron chi connectivity index (χ4n) is 14.8. The summed E-state index contributed by atoms with van der Waals surface area (Å²) in [6, 6.07) is -13.7. The molecule has 0 bridgehead atoms. The number of nitrogens with zero attached hydrogens (tertiary/aromatic N) is 1. The standard InChI is InChI=1S/C94H165N25O19S2/c1-17-57(12)77(119-91(135)73(50-120)116-88(132)69(44-53(4)5)113-89(133)71(105-74(121)48-99)46-60-29-19-18-20-30-60)94(138)115-70(45-54(6)7)87(131)109-63(32-22-26-38-96)82(126)108-65(34-24-28-40-98)85(129)118-76(56(10)11)93(137)114-68(43-52(2)3)86(130)104-58(13)79(123)107-64(33-23-27-39-97)84(128)117-75(55(8)9)92(136)111-66(35-41-139-15)81(125)103-59(14)80(124)112-72(47-61-49-101-51-102-61)90(134)110-67(36-42-140-16)83(127)106-62(78(100)122)31-21-25-37-95/h18-20,29-30,49,51-59,62-73,75-77,120H,17,21-28,31-48,50,95-99H2,1-16H3,(H2,100,122)(H,101,102)(H,103,125)(H,104,130)(H,105,121)(H,106,127)(H,107,123)(H,108,126)(H,109,131)(H,110,134)(H,111,136)(H,112,124)(H,113,133)(H,114,137)(H,115,138)(H,116,132)(H,117,128)(H,118,129)(H,119,135)/t57-,58-,59-,62-,63-,64-,65-,66-,67-,68-,69-,70-,71-,72-,73-,75-,76-,77-/m0/s1. The first-order valence-corrected chi connectivity index (χ1v) is 51.6. The number of imidazole rings is 1. The second-order valence-corrected chi connectivity index (χ2v) is 39.4. The number of aliphatic hydroxyl groups excluding tert-OH is 1. The third kappa shape index (κ3) is 47.7. The van der Waals surface area contributed by atoms with E-state index in [4.69, 9.17) is 34.4 Å². The average Bonchev–Trinajstić information content (AvgIpc) is 0.890. The van der Waals surface area contributed by atoms with Crippen molar-refractivity contribution in [3.63, 3.8) is 0 Å². The predicted octanol–water partition coefficient (Wildman–Crippen LogP) is -2.57. The van der Waals surface area contributed by atoms with Gasteiger partial charge in [0.25, 0.3) is 0 Å². The van der Waals surface area contributed by atoms with Crippen molar-refractivity contribution in [2.75, 3.05) is 63.3 Å². The third-order valence-electron chi connectivity index (χ3n) is 23.2. The van der Waals surface area contributed by atoms with Gasteiger partial charge in [-0.2, -0.15) is 23.5 Å². The van der Waals surface area contributed by atoms with Crippen LogP contribution in [0.3, 0.4) is 0 Å². The maximum absolute atomic E-state index is 14.8. The maximum Gasteiger partial charge on any atom is 0.245 e. The van der Waals surface area contributed by atoms with Crippen LogP contribution in [0, 0.1) is 35.5 Å². The Morgan fingerprint density at radius 2 is 0.643 bits per heavy atom. The summed E-state index contributed by atoms with van der Waals surface area (Å²) >= 11 is 2.76. The molecule has 1 aromatic carbocycles. The van der Waals surface area contributed by atoms with E-state index in [0.29, 0.717) is 87.1 Å². The van der Waals surface area contributed by atoms with E-state index >= 15 is 0 Å². The minimum Gasteiger partial charge on any atom is -0.394 e. The molecule has 0 aliphatic carbocycles. The summed E-state index contributed by atoms with van der Waals surface area (Å²) in [5, 5.41) is 56.3. The minimum atomic E-state index is -1.67. The smallest absolute Gasteiger partial charge is 0.245 e. The molecule has 2 aromatic rings. The molecule has 0 aliphatic heterocycles. The van der Waals surface area contributed by atoms with Gasteiger partial charge in [-0.15, -0.1) is 0 Å². The van der Waals surface area contributed by atoms with Crippen molar-refractivity contribution in [1.82, 2.24) is 100 Å². The molecule has 140 heavy (non-hydrogen) atoms. The van der Waals surface area contributed by atoms with Gasteiger partial charge in [0.15, 0.2) is 0 Å². The predicted molar refractivity (Wildman–Crippen MR) is 537 cm³/mol. The molecule has 0 spiro atoms. The van der Waals surface area contributed by atoms with Crippen LogP contribution in [0.4, 0.5) is 0 Å². The molecule has 0 fully saturated rings. The van der Waals surface area contributed by atoms with E-state index in [0.717, 1.165) is 0 Å². The van der Waals surface area contributed by atoms with Crippen LogP contribution in [0.25, 0.3) is 0 Å². The summed E-state index contributed by atoms with van der Waals surface area (Å²) in [4.78, 5) is 262. The highest BCUT2D eigenvalue weighted by atomic mass is 32.2. The van der Waals surface area contributed by atoms with Crippen LogP contribution >= 0.6 is 23.5 Å². The highest BCUT2D eigenvalue weighted by Gasteiger charge is 2.41. The van der Waals surface area contributed by atoms with E-state index in [1.807, 2.05) is 0 Å². The molecule has 0 unspecified atom stereocenters. The summed E-state index contributed by atoms with van der Waals surface area (Å²) in [7, 11) is 0. The first kappa shape index (κ1) is 125. The summed E-state index contributed by atoms with van der Waals surface area (Å²) in [6.45, 7) is 23.0. The fourth-order valence-corrected chi connectivity index (χ4v) is 15.8. The molecule has 0 saturated carbocycles. The fraction of sp³-hybridized carbons (Fsp3) is 0.713. The van der Waals surface area contributed by atoms with Gasteiger partial charge in [-0.05, 0) is 214 Å². The molecule has 0 saturated heterocycles. The number of unbranched alkanes of at least 4 members (excludes halogenated alkanes) is 4. The highest BCUT2D eigenvalue weighted by Crippen LogP contribution is 2.19. The number of nitrogens with two attached hydrogens (primary N) is 6. The van der Waals surface area contributed by atoms with Gasteiger partial charge in [0.05, 0.1) is 19.5 Å². The number of carbonyl (C=O) groups is 18. The lowest BCUT2D eigenvalue weighted by atomic mass is 9.96. The van der Waals surface area contributed by atoms with Crippen LogP contribution in [-0.2, 0) is 99.1 Å².